The van der Waals surface area contributed by atoms with Gasteiger partial charge in [0.25, 0.3) is 12.3 Å². The highest BCUT2D eigenvalue weighted by Crippen LogP contribution is 2.13. The fraction of sp³-hybridized carbons (Fsp3) is 0.333. The van der Waals surface area contributed by atoms with Crippen molar-refractivity contribution in [3.8, 4) is 5.88 Å². The van der Waals surface area contributed by atoms with Gasteiger partial charge in [-0.3, -0.25) is 0 Å². The minimum absolute atomic E-state index is 0.0122. The molecule has 0 fully saturated rings. The van der Waals surface area contributed by atoms with E-state index in [0.29, 0.717) is 0 Å². The van der Waals surface area contributed by atoms with E-state index in [-0.39, 0.29) is 11.7 Å². The van der Waals surface area contributed by atoms with Crippen molar-refractivity contribution in [2.45, 2.75) is 6.43 Å². The first-order valence-electron chi connectivity index (χ1n) is 3.17. The minimum Gasteiger partial charge on any atom is -0.469 e. The number of alkyl halides is 2. The third-order valence-electron chi connectivity index (χ3n) is 1.04. The number of halogens is 2. The number of aromatic nitrogens is 2. The zero-order valence-electron chi connectivity index (χ0n) is 6.08. The van der Waals surface area contributed by atoms with Gasteiger partial charge in [0, 0.05) is 12.4 Å². The average molecular weight is 175 g/mol. The average Bonchev–Trinajstić information content (AvgIpc) is 2.03. The zero-order valence-corrected chi connectivity index (χ0v) is 6.08. The van der Waals surface area contributed by atoms with Crippen LogP contribution in [0, 0.1) is 0 Å². The quantitative estimate of drug-likeness (QED) is 0.734. The number of hydrogen-bond acceptors (Lipinski definition) is 4. The Hall–Kier alpha value is -1.46. The predicted octanol–water partition coefficient (Wildman–Crippen LogP) is 0.703. The lowest BCUT2D eigenvalue weighted by Gasteiger charge is -2.04. The maximum atomic E-state index is 11.6. The van der Waals surface area contributed by atoms with Gasteiger partial charge in [0.2, 0.25) is 0 Å². The van der Waals surface area contributed by atoms with Crippen LogP contribution in [0.1, 0.15) is 0 Å². The van der Waals surface area contributed by atoms with Crippen molar-refractivity contribution in [1.29, 1.82) is 0 Å². The first-order chi connectivity index (χ1) is 5.70. The number of ether oxygens (including phenoxy) is 1. The Balaban J connectivity index is 2.57. The van der Waals surface area contributed by atoms with Gasteiger partial charge in [0.05, 0.1) is 0 Å². The fourth-order valence-corrected chi connectivity index (χ4v) is 0.589. The number of rotatable bonds is 3. The molecule has 12 heavy (non-hydrogen) atoms. The molecule has 0 unspecified atom stereocenters. The molecule has 0 saturated carbocycles. The summed E-state index contributed by atoms with van der Waals surface area (Å²) in [5, 5.41) is 0. The molecule has 1 aromatic rings. The summed E-state index contributed by atoms with van der Waals surface area (Å²) < 4.78 is 27.8. The highest BCUT2D eigenvalue weighted by Gasteiger charge is 2.06. The van der Waals surface area contributed by atoms with Gasteiger partial charge >= 0.3 is 0 Å². The lowest BCUT2D eigenvalue weighted by molar-refractivity contribution is 0.0798. The lowest BCUT2D eigenvalue weighted by atomic mass is 10.6. The monoisotopic (exact) mass is 175 g/mol. The molecule has 0 bridgehead atoms. The van der Waals surface area contributed by atoms with E-state index in [0.717, 1.165) is 0 Å². The number of nitrogens with zero attached hydrogens (tertiary/aromatic N) is 2. The molecule has 6 heteroatoms. The Bertz CT molecular complexity index is 256. The van der Waals surface area contributed by atoms with Crippen LogP contribution in [0.3, 0.4) is 0 Å². The highest BCUT2D eigenvalue weighted by molar-refractivity contribution is 5.38. The minimum atomic E-state index is -2.54. The van der Waals surface area contributed by atoms with Gasteiger partial charge in [-0.15, -0.1) is 0 Å². The fourth-order valence-electron chi connectivity index (χ4n) is 0.589. The zero-order chi connectivity index (χ0) is 8.97. The van der Waals surface area contributed by atoms with Crippen LogP contribution in [0.25, 0.3) is 0 Å². The van der Waals surface area contributed by atoms with Crippen molar-refractivity contribution < 1.29 is 13.5 Å². The first-order valence-corrected chi connectivity index (χ1v) is 3.17. The Labute approximate surface area is 67.4 Å². The maximum absolute atomic E-state index is 11.6. The van der Waals surface area contributed by atoms with Crippen LogP contribution >= 0.6 is 0 Å². The summed E-state index contributed by atoms with van der Waals surface area (Å²) >= 11 is 0. The largest absolute Gasteiger partial charge is 0.469 e. The molecule has 0 saturated heterocycles. The third kappa shape index (κ3) is 2.30. The van der Waals surface area contributed by atoms with Gasteiger partial charge in [0.1, 0.15) is 0 Å². The molecule has 1 heterocycles. The summed E-state index contributed by atoms with van der Waals surface area (Å²) in [6.07, 6.45) is 0.133. The molecule has 0 aromatic carbocycles. The number of nitrogen functional groups attached to an aromatic ring is 1. The molecule has 0 aliphatic carbocycles. The Morgan fingerprint density at radius 2 is 2.08 bits per heavy atom. The molecular formula is C6H7F2N3O. The van der Waals surface area contributed by atoms with Crippen molar-refractivity contribution >= 4 is 5.82 Å². The van der Waals surface area contributed by atoms with Gasteiger partial charge in [-0.25, -0.2) is 18.7 Å². The molecule has 0 aliphatic heterocycles. The van der Waals surface area contributed by atoms with E-state index in [1.165, 1.54) is 12.4 Å². The summed E-state index contributed by atoms with van der Waals surface area (Å²) in [6, 6.07) is 0. The lowest BCUT2D eigenvalue weighted by Crippen LogP contribution is -2.09. The second kappa shape index (κ2) is 3.80. The van der Waals surface area contributed by atoms with E-state index in [4.69, 9.17) is 5.73 Å². The molecule has 4 nitrogen and oxygen atoms in total. The molecule has 1 aromatic heterocycles. The topological polar surface area (TPSA) is 61.0 Å². The van der Waals surface area contributed by atoms with Crippen LogP contribution in [0.15, 0.2) is 12.4 Å². The van der Waals surface area contributed by atoms with Gasteiger partial charge < -0.3 is 10.5 Å². The summed E-state index contributed by atoms with van der Waals surface area (Å²) in [4.78, 5) is 7.21. The number of hydrogen-bond donors (Lipinski definition) is 1. The van der Waals surface area contributed by atoms with Crippen molar-refractivity contribution in [2.24, 2.45) is 0 Å². The SMILES string of the molecule is Nc1nccnc1OCC(F)F. The van der Waals surface area contributed by atoms with E-state index in [2.05, 4.69) is 14.7 Å². The Morgan fingerprint density at radius 3 is 2.67 bits per heavy atom. The highest BCUT2D eigenvalue weighted by atomic mass is 19.3. The summed E-state index contributed by atoms with van der Waals surface area (Å²) in [5.41, 5.74) is 5.26. The van der Waals surface area contributed by atoms with E-state index >= 15 is 0 Å². The van der Waals surface area contributed by atoms with Crippen LogP contribution in [-0.4, -0.2) is 23.0 Å². The smallest absolute Gasteiger partial charge is 0.272 e. The standard InChI is InChI=1S/C6H7F2N3O/c7-4(8)3-12-6-5(9)10-1-2-11-6/h1-2,4H,3H2,(H2,9,10). The number of nitrogens with two attached hydrogens (primary N) is 1. The van der Waals surface area contributed by atoms with E-state index in [9.17, 15) is 8.78 Å². The second-order valence-electron chi connectivity index (χ2n) is 1.95. The number of anilines is 1. The van der Waals surface area contributed by atoms with Crippen LogP contribution < -0.4 is 10.5 Å². The first kappa shape index (κ1) is 8.63. The molecule has 1 rings (SSSR count). The van der Waals surface area contributed by atoms with Gasteiger partial charge in [0.15, 0.2) is 12.4 Å². The summed E-state index contributed by atoms with van der Waals surface area (Å²) in [5.74, 6) is -0.0454. The van der Waals surface area contributed by atoms with E-state index in [1.807, 2.05) is 0 Å². The molecule has 2 N–H and O–H groups in total. The van der Waals surface area contributed by atoms with Crippen LogP contribution in [0.5, 0.6) is 5.88 Å². The van der Waals surface area contributed by atoms with Crippen molar-refractivity contribution in [3.05, 3.63) is 12.4 Å². The van der Waals surface area contributed by atoms with Crippen LogP contribution in [0.4, 0.5) is 14.6 Å². The maximum Gasteiger partial charge on any atom is 0.272 e. The molecule has 0 aliphatic rings. The molecule has 0 atom stereocenters. The van der Waals surface area contributed by atoms with Crippen molar-refractivity contribution in [2.75, 3.05) is 12.3 Å². The summed E-state index contributed by atoms with van der Waals surface area (Å²) in [6.45, 7) is -0.719. The summed E-state index contributed by atoms with van der Waals surface area (Å²) in [7, 11) is 0. The van der Waals surface area contributed by atoms with Crippen molar-refractivity contribution in [1.82, 2.24) is 9.97 Å². The Morgan fingerprint density at radius 1 is 1.42 bits per heavy atom. The molecular weight excluding hydrogens is 168 g/mol. The predicted molar refractivity (Wildman–Crippen MR) is 37.9 cm³/mol. The van der Waals surface area contributed by atoms with Crippen LogP contribution in [-0.2, 0) is 0 Å². The van der Waals surface area contributed by atoms with Crippen molar-refractivity contribution in [3.63, 3.8) is 0 Å². The van der Waals surface area contributed by atoms with E-state index in [1.54, 1.807) is 0 Å². The normalized spacial score (nSPS) is 10.2. The molecule has 66 valence electrons. The van der Waals surface area contributed by atoms with Gasteiger partial charge in [-0.2, -0.15) is 0 Å². The van der Waals surface area contributed by atoms with E-state index < -0.39 is 13.0 Å². The molecule has 0 spiro atoms. The molecule has 0 radical (unpaired) electrons. The van der Waals surface area contributed by atoms with Crippen LogP contribution in [0.2, 0.25) is 0 Å². The van der Waals surface area contributed by atoms with Gasteiger partial charge in [-0.1, -0.05) is 0 Å². The second-order valence-corrected chi connectivity index (χ2v) is 1.95. The van der Waals surface area contributed by atoms with Gasteiger partial charge in [-0.05, 0) is 0 Å². The molecule has 0 amide bonds. The third-order valence-corrected chi connectivity index (χ3v) is 1.04. The Kier molecular flexibility index (Phi) is 2.73.